The normalized spacial score (nSPS) is 12.8. The van der Waals surface area contributed by atoms with Gasteiger partial charge in [0.25, 0.3) is 5.56 Å². The first kappa shape index (κ1) is 21.5. The van der Waals surface area contributed by atoms with Crippen LogP contribution in [0.25, 0.3) is 10.2 Å². The standard InChI is InChI=1S/C19H26N4O2S2/c1-7-11(2)8-13-12(3)27-17-15(13)16(25)21-18(22-17)26-9-14(24)23(6)19(4,5)10-20/h11H,7-9H2,1-6H3,(H,21,22,25)/t11-/m1/s1. The quantitative estimate of drug-likeness (QED) is 0.559. The second-order valence-electron chi connectivity index (χ2n) is 7.32. The Labute approximate surface area is 168 Å². The van der Waals surface area contributed by atoms with E-state index in [4.69, 9.17) is 5.26 Å². The summed E-state index contributed by atoms with van der Waals surface area (Å²) in [5.74, 6) is 0.431. The number of hydrogen-bond acceptors (Lipinski definition) is 6. The average Bonchev–Trinajstić information content (AvgIpc) is 2.94. The molecule has 2 heterocycles. The van der Waals surface area contributed by atoms with Crippen molar-refractivity contribution in [1.29, 1.82) is 5.26 Å². The predicted molar refractivity (Wildman–Crippen MR) is 111 cm³/mol. The molecule has 0 saturated heterocycles. The number of nitrogens with zero attached hydrogens (tertiary/aromatic N) is 3. The molecule has 0 aliphatic rings. The van der Waals surface area contributed by atoms with Gasteiger partial charge in [-0.2, -0.15) is 5.26 Å². The Morgan fingerprint density at radius 3 is 2.74 bits per heavy atom. The van der Waals surface area contributed by atoms with Crippen LogP contribution in [0.5, 0.6) is 0 Å². The summed E-state index contributed by atoms with van der Waals surface area (Å²) in [6, 6.07) is 2.11. The molecule has 2 aromatic rings. The number of rotatable bonds is 7. The Bertz CT molecular complexity index is 940. The fourth-order valence-electron chi connectivity index (χ4n) is 2.58. The second-order valence-corrected chi connectivity index (χ2v) is 9.49. The Morgan fingerprint density at radius 2 is 2.15 bits per heavy atom. The predicted octanol–water partition coefficient (Wildman–Crippen LogP) is 3.73. The first-order valence-electron chi connectivity index (χ1n) is 8.93. The first-order valence-corrected chi connectivity index (χ1v) is 10.7. The van der Waals surface area contributed by atoms with Crippen LogP contribution in [0.4, 0.5) is 0 Å². The number of hydrogen-bond donors (Lipinski definition) is 1. The highest BCUT2D eigenvalue weighted by Crippen LogP contribution is 2.30. The Hall–Kier alpha value is -1.85. The molecule has 0 aliphatic heterocycles. The van der Waals surface area contributed by atoms with Gasteiger partial charge in [-0.3, -0.25) is 9.59 Å². The fourth-order valence-corrected chi connectivity index (χ4v) is 4.46. The molecular weight excluding hydrogens is 380 g/mol. The van der Waals surface area contributed by atoms with E-state index < -0.39 is 5.54 Å². The van der Waals surface area contributed by atoms with Gasteiger partial charge in [0.2, 0.25) is 5.91 Å². The maximum atomic E-state index is 12.6. The molecule has 0 aromatic carbocycles. The molecule has 27 heavy (non-hydrogen) atoms. The van der Waals surface area contributed by atoms with E-state index in [0.717, 1.165) is 28.1 Å². The second kappa shape index (κ2) is 8.44. The topological polar surface area (TPSA) is 89.8 Å². The van der Waals surface area contributed by atoms with Crippen molar-refractivity contribution in [3.8, 4) is 6.07 Å². The van der Waals surface area contributed by atoms with Crippen LogP contribution in [0.2, 0.25) is 0 Å². The number of aromatic nitrogens is 2. The third-order valence-corrected chi connectivity index (χ3v) is 6.81. The molecule has 0 fully saturated rings. The van der Waals surface area contributed by atoms with Gasteiger partial charge in [0, 0.05) is 11.9 Å². The number of aryl methyl sites for hydroxylation is 1. The van der Waals surface area contributed by atoms with E-state index in [1.165, 1.54) is 28.0 Å². The van der Waals surface area contributed by atoms with E-state index in [1.54, 1.807) is 20.9 Å². The number of amides is 1. The number of fused-ring (bicyclic) bond motifs is 1. The molecular formula is C19H26N4O2S2. The molecule has 0 unspecified atom stereocenters. The molecule has 0 bridgehead atoms. The molecule has 2 aromatic heterocycles. The number of aromatic amines is 1. The van der Waals surface area contributed by atoms with E-state index in [-0.39, 0.29) is 17.2 Å². The van der Waals surface area contributed by atoms with E-state index in [2.05, 4.69) is 29.9 Å². The molecule has 1 N–H and O–H groups in total. The van der Waals surface area contributed by atoms with Gasteiger partial charge >= 0.3 is 0 Å². The lowest BCUT2D eigenvalue weighted by molar-refractivity contribution is -0.130. The van der Waals surface area contributed by atoms with Crippen LogP contribution in [0, 0.1) is 24.2 Å². The largest absolute Gasteiger partial charge is 0.327 e. The fraction of sp³-hybridized carbons (Fsp3) is 0.579. The van der Waals surface area contributed by atoms with Crippen molar-refractivity contribution in [2.24, 2.45) is 5.92 Å². The minimum absolute atomic E-state index is 0.111. The highest BCUT2D eigenvalue weighted by Gasteiger charge is 2.27. The summed E-state index contributed by atoms with van der Waals surface area (Å²) >= 11 is 2.71. The lowest BCUT2D eigenvalue weighted by Gasteiger charge is -2.28. The molecule has 0 aliphatic carbocycles. The lowest BCUT2D eigenvalue weighted by Crippen LogP contribution is -2.44. The number of thiophene rings is 1. The molecule has 0 radical (unpaired) electrons. The van der Waals surface area contributed by atoms with Crippen LogP contribution in [0.15, 0.2) is 9.95 Å². The molecule has 2 rings (SSSR count). The first-order chi connectivity index (χ1) is 12.6. The van der Waals surface area contributed by atoms with Crippen molar-refractivity contribution in [3.63, 3.8) is 0 Å². The summed E-state index contributed by atoms with van der Waals surface area (Å²) < 4.78 is 0. The molecule has 0 saturated carbocycles. The minimum Gasteiger partial charge on any atom is -0.327 e. The van der Waals surface area contributed by atoms with Crippen LogP contribution >= 0.6 is 23.1 Å². The van der Waals surface area contributed by atoms with Crippen molar-refractivity contribution < 1.29 is 4.79 Å². The van der Waals surface area contributed by atoms with Crippen LogP contribution < -0.4 is 5.56 Å². The highest BCUT2D eigenvalue weighted by atomic mass is 32.2. The van der Waals surface area contributed by atoms with Crippen molar-refractivity contribution in [2.45, 2.75) is 58.2 Å². The lowest BCUT2D eigenvalue weighted by atomic mass is 9.98. The van der Waals surface area contributed by atoms with E-state index in [1.807, 2.05) is 6.92 Å². The average molecular weight is 407 g/mol. The maximum absolute atomic E-state index is 12.6. The number of H-pyrrole nitrogens is 1. The monoisotopic (exact) mass is 406 g/mol. The van der Waals surface area contributed by atoms with Crippen LogP contribution in [-0.2, 0) is 11.2 Å². The minimum atomic E-state index is -0.877. The van der Waals surface area contributed by atoms with Gasteiger partial charge in [-0.15, -0.1) is 11.3 Å². The molecule has 1 atom stereocenters. The summed E-state index contributed by atoms with van der Waals surface area (Å²) in [4.78, 5) is 35.6. The number of carbonyl (C=O) groups excluding carboxylic acids is 1. The van der Waals surface area contributed by atoms with Crippen LogP contribution in [-0.4, -0.2) is 39.1 Å². The highest BCUT2D eigenvalue weighted by molar-refractivity contribution is 7.99. The summed E-state index contributed by atoms with van der Waals surface area (Å²) in [6.45, 7) is 9.73. The Balaban J connectivity index is 2.24. The van der Waals surface area contributed by atoms with Crippen LogP contribution in [0.3, 0.4) is 0 Å². The molecule has 146 valence electrons. The summed E-state index contributed by atoms with van der Waals surface area (Å²) in [6.07, 6.45) is 1.93. The number of thioether (sulfide) groups is 1. The van der Waals surface area contributed by atoms with Gasteiger partial charge < -0.3 is 9.88 Å². The van der Waals surface area contributed by atoms with Gasteiger partial charge in [-0.1, -0.05) is 32.0 Å². The number of carbonyl (C=O) groups is 1. The zero-order valence-corrected chi connectivity index (χ0v) is 18.3. The van der Waals surface area contributed by atoms with E-state index in [0.29, 0.717) is 16.5 Å². The van der Waals surface area contributed by atoms with Crippen molar-refractivity contribution in [2.75, 3.05) is 12.8 Å². The van der Waals surface area contributed by atoms with Crippen LogP contribution in [0.1, 0.15) is 44.6 Å². The zero-order chi connectivity index (χ0) is 20.4. The van der Waals surface area contributed by atoms with Gasteiger partial charge in [0.05, 0.1) is 17.2 Å². The summed E-state index contributed by atoms with van der Waals surface area (Å²) in [5.41, 5.74) is 0.0579. The third-order valence-electron chi connectivity index (χ3n) is 4.91. The smallest absolute Gasteiger partial charge is 0.260 e. The van der Waals surface area contributed by atoms with Gasteiger partial charge in [-0.05, 0) is 38.7 Å². The van der Waals surface area contributed by atoms with Crippen molar-refractivity contribution in [3.05, 3.63) is 20.8 Å². The number of nitriles is 1. The molecule has 6 nitrogen and oxygen atoms in total. The van der Waals surface area contributed by atoms with E-state index >= 15 is 0 Å². The molecule has 0 spiro atoms. The summed E-state index contributed by atoms with van der Waals surface area (Å²) in [5, 5.41) is 10.3. The van der Waals surface area contributed by atoms with Gasteiger partial charge in [0.1, 0.15) is 10.4 Å². The molecule has 1 amide bonds. The SMILES string of the molecule is CC[C@@H](C)Cc1c(C)sc2nc(SCC(=O)N(C)C(C)(C)C#N)[nH]c(=O)c12. The third kappa shape index (κ3) is 4.71. The maximum Gasteiger partial charge on any atom is 0.260 e. The summed E-state index contributed by atoms with van der Waals surface area (Å²) in [7, 11) is 1.61. The zero-order valence-electron chi connectivity index (χ0n) is 16.7. The van der Waals surface area contributed by atoms with Crippen molar-refractivity contribution in [1.82, 2.24) is 14.9 Å². The van der Waals surface area contributed by atoms with Gasteiger partial charge in [-0.25, -0.2) is 4.98 Å². The van der Waals surface area contributed by atoms with Crippen molar-refractivity contribution >= 4 is 39.2 Å². The van der Waals surface area contributed by atoms with Gasteiger partial charge in [0.15, 0.2) is 5.16 Å². The molecule has 8 heteroatoms. The Morgan fingerprint density at radius 1 is 1.48 bits per heavy atom. The Kier molecular flexibility index (Phi) is 6.71. The number of nitrogens with one attached hydrogen (secondary N) is 1. The van der Waals surface area contributed by atoms with E-state index in [9.17, 15) is 9.59 Å².